The fraction of sp³-hybridized carbons (Fsp3) is 0.667. The second-order valence-electron chi connectivity index (χ2n) is 9.65. The molecule has 0 radical (unpaired) electrons. The molecule has 0 aliphatic heterocycles. The summed E-state index contributed by atoms with van der Waals surface area (Å²) in [6, 6.07) is 0. The lowest BCUT2D eigenvalue weighted by molar-refractivity contribution is -0.189. The number of hydrogen-bond donors (Lipinski definition) is 1. The lowest BCUT2D eigenvalue weighted by atomic mass is 9.79. The molecule has 1 amide bonds. The number of alkyl halides is 3. The standard InChI is InChI=1S/C21H27F3N4OS/c1-19(2,3)18-25-11-13(30-18)16-15(12-6-5-7-12)17(28(4)27-16)26-14(29)10-20(8-9-20)21(22,23)24/h11-12H,5-10H2,1-4H3,(H,26,29). The molecule has 0 saturated heterocycles. The van der Waals surface area contributed by atoms with Crippen LogP contribution in [0.2, 0.25) is 0 Å². The first-order valence-electron chi connectivity index (χ1n) is 10.3. The lowest BCUT2D eigenvalue weighted by Crippen LogP contribution is -2.30. The summed E-state index contributed by atoms with van der Waals surface area (Å²) in [5.41, 5.74) is -0.226. The number of aryl methyl sites for hydroxylation is 1. The molecule has 9 heteroatoms. The van der Waals surface area contributed by atoms with Crippen LogP contribution in [0, 0.1) is 5.41 Å². The Bertz CT molecular complexity index is 962. The quantitative estimate of drug-likeness (QED) is 0.641. The predicted molar refractivity (Wildman–Crippen MR) is 111 cm³/mol. The number of carbonyl (C=O) groups is 1. The SMILES string of the molecule is Cn1nc(-c2cnc(C(C)(C)C)s2)c(C2CCC2)c1NC(=O)CC1(C(F)(F)F)CC1. The van der Waals surface area contributed by atoms with Gasteiger partial charge in [0, 0.05) is 30.6 Å². The van der Waals surface area contributed by atoms with Gasteiger partial charge < -0.3 is 5.32 Å². The van der Waals surface area contributed by atoms with E-state index < -0.39 is 23.9 Å². The van der Waals surface area contributed by atoms with E-state index in [1.165, 1.54) is 0 Å². The van der Waals surface area contributed by atoms with Gasteiger partial charge in [-0.15, -0.1) is 11.3 Å². The zero-order valence-electron chi connectivity index (χ0n) is 17.7. The summed E-state index contributed by atoms with van der Waals surface area (Å²) in [6.45, 7) is 6.29. The van der Waals surface area contributed by atoms with Crippen LogP contribution in [0.25, 0.3) is 10.6 Å². The Morgan fingerprint density at radius 3 is 2.43 bits per heavy atom. The molecule has 0 bridgehead atoms. The highest BCUT2D eigenvalue weighted by atomic mass is 32.1. The fourth-order valence-corrected chi connectivity index (χ4v) is 4.85. The highest BCUT2D eigenvalue weighted by Gasteiger charge is 2.63. The number of rotatable bonds is 5. The molecule has 0 atom stereocenters. The van der Waals surface area contributed by atoms with Crippen molar-refractivity contribution in [1.82, 2.24) is 14.8 Å². The Hall–Kier alpha value is -1.90. The summed E-state index contributed by atoms with van der Waals surface area (Å²) >= 11 is 1.57. The molecule has 164 valence electrons. The number of carbonyl (C=O) groups excluding carboxylic acids is 1. The number of amides is 1. The van der Waals surface area contributed by atoms with Crippen molar-refractivity contribution in [2.75, 3.05) is 5.32 Å². The maximum Gasteiger partial charge on any atom is 0.395 e. The minimum Gasteiger partial charge on any atom is -0.311 e. The van der Waals surface area contributed by atoms with E-state index in [9.17, 15) is 18.0 Å². The second kappa shape index (κ2) is 7.07. The minimum absolute atomic E-state index is 0.0203. The molecule has 5 nitrogen and oxygen atoms in total. The molecule has 1 N–H and O–H groups in total. The van der Waals surface area contributed by atoms with Crippen molar-refractivity contribution in [2.45, 2.75) is 76.8 Å². The largest absolute Gasteiger partial charge is 0.395 e. The molecule has 2 saturated carbocycles. The molecular formula is C21H27F3N4OS. The second-order valence-corrected chi connectivity index (χ2v) is 10.7. The topological polar surface area (TPSA) is 59.8 Å². The number of hydrogen-bond acceptors (Lipinski definition) is 4. The van der Waals surface area contributed by atoms with Crippen LogP contribution >= 0.6 is 11.3 Å². The summed E-state index contributed by atoms with van der Waals surface area (Å²) in [7, 11) is 1.73. The van der Waals surface area contributed by atoms with Gasteiger partial charge in [0.15, 0.2) is 0 Å². The molecular weight excluding hydrogens is 413 g/mol. The maximum atomic E-state index is 13.3. The van der Waals surface area contributed by atoms with Crippen LogP contribution in [0.4, 0.5) is 19.0 Å². The van der Waals surface area contributed by atoms with Crippen molar-refractivity contribution in [1.29, 1.82) is 0 Å². The van der Waals surface area contributed by atoms with Gasteiger partial charge in [-0.1, -0.05) is 27.2 Å². The van der Waals surface area contributed by atoms with Gasteiger partial charge in [-0.25, -0.2) is 4.98 Å². The number of anilines is 1. The van der Waals surface area contributed by atoms with Gasteiger partial charge in [0.1, 0.15) is 11.5 Å². The zero-order chi connectivity index (χ0) is 21.9. The molecule has 4 rings (SSSR count). The van der Waals surface area contributed by atoms with Crippen LogP contribution < -0.4 is 5.32 Å². The van der Waals surface area contributed by atoms with E-state index in [-0.39, 0.29) is 24.2 Å². The smallest absolute Gasteiger partial charge is 0.311 e. The Kier molecular flexibility index (Phi) is 5.03. The normalized spacial score (nSPS) is 18.9. The van der Waals surface area contributed by atoms with Gasteiger partial charge in [0.2, 0.25) is 5.91 Å². The van der Waals surface area contributed by atoms with Crippen LogP contribution in [0.15, 0.2) is 6.20 Å². The van der Waals surface area contributed by atoms with Crippen molar-refractivity contribution in [3.05, 3.63) is 16.8 Å². The summed E-state index contributed by atoms with van der Waals surface area (Å²) in [5, 5.41) is 8.41. The van der Waals surface area contributed by atoms with Crippen molar-refractivity contribution < 1.29 is 18.0 Å². The van der Waals surface area contributed by atoms with Gasteiger partial charge in [-0.2, -0.15) is 18.3 Å². The van der Waals surface area contributed by atoms with E-state index in [4.69, 9.17) is 0 Å². The molecule has 30 heavy (non-hydrogen) atoms. The minimum atomic E-state index is -4.34. The third kappa shape index (κ3) is 3.76. The third-order valence-electron chi connectivity index (χ3n) is 6.19. The zero-order valence-corrected chi connectivity index (χ0v) is 18.5. The van der Waals surface area contributed by atoms with Gasteiger partial charge in [0.05, 0.1) is 15.3 Å². The third-order valence-corrected chi connectivity index (χ3v) is 7.62. The van der Waals surface area contributed by atoms with Gasteiger partial charge in [0.25, 0.3) is 0 Å². The molecule has 2 fully saturated rings. The van der Waals surface area contributed by atoms with E-state index in [1.807, 2.05) is 6.20 Å². The first-order chi connectivity index (χ1) is 13.9. The van der Waals surface area contributed by atoms with Gasteiger partial charge in [-0.05, 0) is 31.6 Å². The first kappa shape index (κ1) is 21.3. The van der Waals surface area contributed by atoms with Crippen molar-refractivity contribution in [2.24, 2.45) is 12.5 Å². The number of nitrogens with one attached hydrogen (secondary N) is 1. The molecule has 0 aromatic carbocycles. The van der Waals surface area contributed by atoms with Crippen molar-refractivity contribution in [3.63, 3.8) is 0 Å². The Labute approximate surface area is 178 Å². The number of nitrogens with zero attached hydrogens (tertiary/aromatic N) is 3. The molecule has 2 aromatic heterocycles. The van der Waals surface area contributed by atoms with E-state index in [0.717, 1.165) is 40.4 Å². The summed E-state index contributed by atoms with van der Waals surface area (Å²) in [5.74, 6) is 0.171. The number of aromatic nitrogens is 3. The van der Waals surface area contributed by atoms with E-state index in [2.05, 4.69) is 36.2 Å². The summed E-state index contributed by atoms with van der Waals surface area (Å²) in [4.78, 5) is 18.0. The average molecular weight is 441 g/mol. The maximum absolute atomic E-state index is 13.3. The number of halogens is 3. The Balaban J connectivity index is 1.64. The monoisotopic (exact) mass is 440 g/mol. The Morgan fingerprint density at radius 1 is 1.30 bits per heavy atom. The van der Waals surface area contributed by atoms with E-state index in [1.54, 1.807) is 23.1 Å². The average Bonchev–Trinajstić information content (AvgIpc) is 3.07. The molecule has 2 aromatic rings. The van der Waals surface area contributed by atoms with Crippen LogP contribution in [-0.4, -0.2) is 26.8 Å². The van der Waals surface area contributed by atoms with Gasteiger partial charge in [-0.3, -0.25) is 9.48 Å². The van der Waals surface area contributed by atoms with Crippen molar-refractivity contribution in [3.8, 4) is 10.6 Å². The molecule has 2 aliphatic carbocycles. The molecule has 0 spiro atoms. The van der Waals surface area contributed by atoms with Crippen LogP contribution in [0.1, 0.15) is 75.8 Å². The molecule has 2 heterocycles. The lowest BCUT2D eigenvalue weighted by Gasteiger charge is -2.27. The molecule has 2 aliphatic rings. The summed E-state index contributed by atoms with van der Waals surface area (Å²) in [6.07, 6.45) is 0.0429. The van der Waals surface area contributed by atoms with E-state index >= 15 is 0 Å². The summed E-state index contributed by atoms with van der Waals surface area (Å²) < 4.78 is 41.4. The highest BCUT2D eigenvalue weighted by molar-refractivity contribution is 7.15. The number of thiazole rings is 1. The van der Waals surface area contributed by atoms with Gasteiger partial charge >= 0.3 is 6.18 Å². The van der Waals surface area contributed by atoms with E-state index in [0.29, 0.717) is 5.82 Å². The van der Waals surface area contributed by atoms with Crippen LogP contribution in [0.3, 0.4) is 0 Å². The fourth-order valence-electron chi connectivity index (χ4n) is 3.88. The van der Waals surface area contributed by atoms with Crippen LogP contribution in [-0.2, 0) is 17.3 Å². The molecule has 0 unspecified atom stereocenters. The first-order valence-corrected chi connectivity index (χ1v) is 11.1. The highest BCUT2D eigenvalue weighted by Crippen LogP contribution is 2.60. The van der Waals surface area contributed by atoms with Crippen molar-refractivity contribution >= 4 is 23.1 Å². The Morgan fingerprint density at radius 2 is 1.97 bits per heavy atom. The predicted octanol–water partition coefficient (Wildman–Crippen LogP) is 5.78. The van der Waals surface area contributed by atoms with Crippen LogP contribution in [0.5, 0.6) is 0 Å².